The monoisotopic (exact) mass is 516 g/mol. The van der Waals surface area contributed by atoms with Crippen molar-refractivity contribution in [2.75, 3.05) is 13.2 Å². The van der Waals surface area contributed by atoms with Crippen molar-refractivity contribution in [2.24, 2.45) is 5.73 Å². The van der Waals surface area contributed by atoms with E-state index in [0.29, 0.717) is 18.7 Å². The van der Waals surface area contributed by atoms with Crippen LogP contribution in [0.3, 0.4) is 0 Å². The molecule has 0 spiro atoms. The Morgan fingerprint density at radius 2 is 1.53 bits per heavy atom. The molecule has 3 amide bonds. The Balaban J connectivity index is 1.64. The third-order valence-corrected chi connectivity index (χ3v) is 5.84. The van der Waals surface area contributed by atoms with Crippen LogP contribution < -0.4 is 21.7 Å². The first-order valence-electron chi connectivity index (χ1n) is 12.6. The quantitative estimate of drug-likeness (QED) is 0.295. The number of carbonyl (C=O) groups is 3. The molecule has 8 nitrogen and oxygen atoms in total. The molecule has 8 heteroatoms. The second-order valence-corrected chi connectivity index (χ2v) is 9.57. The van der Waals surface area contributed by atoms with Gasteiger partial charge in [-0.25, -0.2) is 0 Å². The first-order chi connectivity index (χ1) is 18.2. The maximum atomic E-state index is 13.0. The lowest BCUT2D eigenvalue weighted by atomic mass is 9.98. The Morgan fingerprint density at radius 1 is 0.868 bits per heavy atom. The molecule has 3 rings (SSSR count). The molecule has 0 saturated heterocycles. The predicted molar refractivity (Wildman–Crippen MR) is 148 cm³/mol. The first kappa shape index (κ1) is 28.6. The zero-order valence-electron chi connectivity index (χ0n) is 22.1. The van der Waals surface area contributed by atoms with Gasteiger partial charge < -0.3 is 26.4 Å². The van der Waals surface area contributed by atoms with E-state index >= 15 is 0 Å². The average molecular weight is 517 g/mol. The molecule has 0 aliphatic carbocycles. The predicted octanol–water partition coefficient (Wildman–Crippen LogP) is 3.16. The van der Waals surface area contributed by atoms with Crippen molar-refractivity contribution in [2.45, 2.75) is 45.5 Å². The van der Waals surface area contributed by atoms with Crippen LogP contribution in [0.5, 0.6) is 0 Å². The second-order valence-electron chi connectivity index (χ2n) is 9.57. The van der Waals surface area contributed by atoms with Crippen LogP contribution in [0.2, 0.25) is 0 Å². The second kappa shape index (κ2) is 13.5. The molecule has 0 aliphatic heterocycles. The molecule has 0 aliphatic rings. The topological polar surface area (TPSA) is 123 Å². The van der Waals surface area contributed by atoms with Crippen LogP contribution in [0.1, 0.15) is 42.3 Å². The summed E-state index contributed by atoms with van der Waals surface area (Å²) in [5.41, 5.74) is 8.93. The summed E-state index contributed by atoms with van der Waals surface area (Å²) in [6.07, 6.45) is 0. The van der Waals surface area contributed by atoms with Crippen molar-refractivity contribution in [1.29, 1.82) is 0 Å². The summed E-state index contributed by atoms with van der Waals surface area (Å²) >= 11 is 0. The molecule has 0 saturated carbocycles. The Kier molecular flexibility index (Phi) is 10.2. The van der Waals surface area contributed by atoms with Gasteiger partial charge >= 0.3 is 0 Å². The van der Waals surface area contributed by atoms with Gasteiger partial charge in [0.05, 0.1) is 18.8 Å². The molecule has 0 bridgehead atoms. The molecule has 0 aromatic heterocycles. The van der Waals surface area contributed by atoms with Crippen molar-refractivity contribution < 1.29 is 19.1 Å². The Hall–Kier alpha value is -4.01. The zero-order valence-corrected chi connectivity index (χ0v) is 22.1. The van der Waals surface area contributed by atoms with Gasteiger partial charge in [0, 0.05) is 18.7 Å². The van der Waals surface area contributed by atoms with Gasteiger partial charge in [-0.1, -0.05) is 72.8 Å². The molecule has 5 N–H and O–H groups in total. The zero-order chi connectivity index (χ0) is 27.5. The highest BCUT2D eigenvalue weighted by Gasteiger charge is 2.28. The van der Waals surface area contributed by atoms with Gasteiger partial charge in [0.15, 0.2) is 0 Å². The van der Waals surface area contributed by atoms with E-state index < -0.39 is 17.5 Å². The number of nitrogens with two attached hydrogens (primary N) is 1. The molecular weight excluding hydrogens is 480 g/mol. The molecule has 200 valence electrons. The summed E-state index contributed by atoms with van der Waals surface area (Å²) in [6.45, 7) is 6.15. The minimum Gasteiger partial charge on any atom is -0.374 e. The molecule has 3 aromatic rings. The molecule has 1 atom stereocenters. The SMILES string of the molecule is CCNC(=O)c1ccccc1-c1ccc(CNC(=O)[C@@H](COCc2ccccc2)NC(=O)C(C)(C)N)cc1. The fourth-order valence-corrected chi connectivity index (χ4v) is 3.70. The summed E-state index contributed by atoms with van der Waals surface area (Å²) in [5.74, 6) is -0.944. The Bertz CT molecular complexity index is 1220. The Morgan fingerprint density at radius 3 is 2.18 bits per heavy atom. The largest absolute Gasteiger partial charge is 0.374 e. The number of rotatable bonds is 12. The van der Waals surface area contributed by atoms with E-state index in [9.17, 15) is 14.4 Å². The maximum absolute atomic E-state index is 13.0. The highest BCUT2D eigenvalue weighted by Crippen LogP contribution is 2.24. The van der Waals surface area contributed by atoms with E-state index in [-0.39, 0.29) is 25.0 Å². The summed E-state index contributed by atoms with van der Waals surface area (Å²) < 4.78 is 5.73. The van der Waals surface area contributed by atoms with Crippen molar-refractivity contribution in [3.05, 3.63) is 95.6 Å². The van der Waals surface area contributed by atoms with Crippen molar-refractivity contribution >= 4 is 17.7 Å². The number of ether oxygens (including phenoxy) is 1. The number of carbonyl (C=O) groups excluding carboxylic acids is 3. The van der Waals surface area contributed by atoms with Gasteiger partial charge in [-0.3, -0.25) is 14.4 Å². The van der Waals surface area contributed by atoms with Gasteiger partial charge in [-0.2, -0.15) is 0 Å². The molecule has 0 radical (unpaired) electrons. The van der Waals surface area contributed by atoms with Crippen LogP contribution in [0.4, 0.5) is 0 Å². The maximum Gasteiger partial charge on any atom is 0.251 e. The lowest BCUT2D eigenvalue weighted by Crippen LogP contribution is -2.57. The van der Waals surface area contributed by atoms with Crippen molar-refractivity contribution in [3.63, 3.8) is 0 Å². The van der Waals surface area contributed by atoms with Gasteiger partial charge in [0.1, 0.15) is 6.04 Å². The molecule has 38 heavy (non-hydrogen) atoms. The smallest absolute Gasteiger partial charge is 0.251 e. The van der Waals surface area contributed by atoms with Gasteiger partial charge in [-0.15, -0.1) is 0 Å². The standard InChI is InChI=1S/C30H36N4O4/c1-4-32-27(35)25-13-9-8-12-24(25)23-16-14-21(15-17-23)18-33-28(36)26(34-29(37)30(2,3)31)20-38-19-22-10-6-5-7-11-22/h5-17,26H,4,18-20,31H2,1-3H3,(H,32,35)(H,33,36)(H,34,37)/t26-/m1/s1. The highest BCUT2D eigenvalue weighted by molar-refractivity contribution is 6.00. The number of nitrogens with one attached hydrogen (secondary N) is 3. The third kappa shape index (κ3) is 8.26. The van der Waals surface area contributed by atoms with E-state index in [1.807, 2.05) is 79.7 Å². The fourth-order valence-electron chi connectivity index (χ4n) is 3.70. The van der Waals surface area contributed by atoms with E-state index in [2.05, 4.69) is 16.0 Å². The van der Waals surface area contributed by atoms with Crippen LogP contribution in [0.15, 0.2) is 78.9 Å². The first-order valence-corrected chi connectivity index (χ1v) is 12.6. The third-order valence-electron chi connectivity index (χ3n) is 5.84. The molecular formula is C30H36N4O4. The van der Waals surface area contributed by atoms with Crippen LogP contribution in [0.25, 0.3) is 11.1 Å². The minimum atomic E-state index is -1.14. The number of hydrogen-bond acceptors (Lipinski definition) is 5. The number of benzene rings is 3. The van der Waals surface area contributed by atoms with Crippen LogP contribution in [-0.4, -0.2) is 42.5 Å². The van der Waals surface area contributed by atoms with Gasteiger partial charge in [0.25, 0.3) is 5.91 Å². The normalized spacial score (nSPS) is 11.9. The van der Waals surface area contributed by atoms with Crippen molar-refractivity contribution in [1.82, 2.24) is 16.0 Å². The van der Waals surface area contributed by atoms with E-state index in [1.165, 1.54) is 0 Å². The van der Waals surface area contributed by atoms with E-state index in [0.717, 1.165) is 22.3 Å². The lowest BCUT2D eigenvalue weighted by Gasteiger charge is -2.24. The van der Waals surface area contributed by atoms with E-state index in [1.54, 1.807) is 19.9 Å². The molecule has 3 aromatic carbocycles. The summed E-state index contributed by atoms with van der Waals surface area (Å²) in [7, 11) is 0. The average Bonchev–Trinajstić information content (AvgIpc) is 2.91. The van der Waals surface area contributed by atoms with Crippen molar-refractivity contribution in [3.8, 4) is 11.1 Å². The molecule has 0 fully saturated rings. The van der Waals surface area contributed by atoms with Gasteiger partial charge in [0.2, 0.25) is 11.8 Å². The van der Waals surface area contributed by atoms with E-state index in [4.69, 9.17) is 10.5 Å². The minimum absolute atomic E-state index is 0.00189. The number of amides is 3. The summed E-state index contributed by atoms with van der Waals surface area (Å²) in [4.78, 5) is 37.9. The molecule has 0 heterocycles. The summed E-state index contributed by atoms with van der Waals surface area (Å²) in [5, 5.41) is 8.41. The van der Waals surface area contributed by atoms with Gasteiger partial charge in [-0.05, 0) is 49.1 Å². The van der Waals surface area contributed by atoms with Crippen LogP contribution in [-0.2, 0) is 27.5 Å². The van der Waals surface area contributed by atoms with Crippen LogP contribution >= 0.6 is 0 Å². The summed E-state index contributed by atoms with van der Waals surface area (Å²) in [6, 6.07) is 23.7. The fraction of sp³-hybridized carbons (Fsp3) is 0.300. The highest BCUT2D eigenvalue weighted by atomic mass is 16.5. The number of hydrogen-bond donors (Lipinski definition) is 4. The molecule has 0 unspecified atom stereocenters. The van der Waals surface area contributed by atoms with Crippen LogP contribution in [0, 0.1) is 0 Å². The lowest BCUT2D eigenvalue weighted by molar-refractivity contribution is -0.132. The Labute approximate surface area is 224 Å².